The Bertz CT molecular complexity index is 607. The van der Waals surface area contributed by atoms with Gasteiger partial charge in [-0.2, -0.15) is 5.10 Å². The van der Waals surface area contributed by atoms with Gasteiger partial charge in [-0.15, -0.1) is 23.1 Å². The van der Waals surface area contributed by atoms with Crippen LogP contribution in [0.4, 0.5) is 0 Å². The van der Waals surface area contributed by atoms with Crippen LogP contribution < -0.4 is 0 Å². The Hall–Kier alpha value is -0.980. The highest BCUT2D eigenvalue weighted by Gasteiger charge is 2.14. The van der Waals surface area contributed by atoms with Gasteiger partial charge in [0.05, 0.1) is 16.4 Å². The van der Waals surface area contributed by atoms with Gasteiger partial charge in [-0.3, -0.25) is 4.68 Å². The number of carboxylic acids is 1. The van der Waals surface area contributed by atoms with Gasteiger partial charge >= 0.3 is 5.97 Å². The molecule has 0 unspecified atom stereocenters. The standard InChI is InChI=1S/C12H13ClN2O2S2/c1-3-8-11(13)9(15(2)14-8)6-18-7-4-10(12(16)17)19-5-7/h4-5H,3,6H2,1-2H3,(H,16,17). The molecule has 0 aliphatic heterocycles. The van der Waals surface area contributed by atoms with Crippen LogP contribution in [-0.4, -0.2) is 20.9 Å². The third-order valence-electron chi connectivity index (χ3n) is 2.66. The molecule has 0 fully saturated rings. The van der Waals surface area contributed by atoms with Crippen LogP contribution in [0.2, 0.25) is 5.02 Å². The number of aryl methyl sites for hydroxylation is 2. The Balaban J connectivity index is 2.09. The molecule has 4 nitrogen and oxygen atoms in total. The zero-order valence-corrected chi connectivity index (χ0v) is 12.9. The summed E-state index contributed by atoms with van der Waals surface area (Å²) in [6, 6.07) is 1.68. The van der Waals surface area contributed by atoms with E-state index in [9.17, 15) is 4.79 Å². The molecule has 2 aromatic heterocycles. The second kappa shape index (κ2) is 5.98. The molecule has 0 atom stereocenters. The number of thiophene rings is 1. The average Bonchev–Trinajstić information content (AvgIpc) is 2.93. The molecule has 2 aromatic rings. The van der Waals surface area contributed by atoms with E-state index in [0.29, 0.717) is 15.7 Å². The number of hydrogen-bond acceptors (Lipinski definition) is 4. The predicted molar refractivity (Wildman–Crippen MR) is 78.4 cm³/mol. The summed E-state index contributed by atoms with van der Waals surface area (Å²) in [4.78, 5) is 12.1. The lowest BCUT2D eigenvalue weighted by atomic mass is 10.3. The molecule has 0 aromatic carbocycles. The molecule has 0 radical (unpaired) electrons. The van der Waals surface area contributed by atoms with E-state index in [4.69, 9.17) is 16.7 Å². The van der Waals surface area contributed by atoms with Crippen molar-refractivity contribution in [3.63, 3.8) is 0 Å². The molecule has 19 heavy (non-hydrogen) atoms. The van der Waals surface area contributed by atoms with Crippen molar-refractivity contribution < 1.29 is 9.90 Å². The molecule has 0 saturated heterocycles. The Kier molecular flexibility index (Phi) is 4.54. The number of nitrogens with zero attached hydrogens (tertiary/aromatic N) is 2. The van der Waals surface area contributed by atoms with Gasteiger partial charge in [0, 0.05) is 23.1 Å². The van der Waals surface area contributed by atoms with Gasteiger partial charge in [0.2, 0.25) is 0 Å². The van der Waals surface area contributed by atoms with Crippen LogP contribution in [0.3, 0.4) is 0 Å². The third kappa shape index (κ3) is 3.13. The van der Waals surface area contributed by atoms with Gasteiger partial charge in [-0.1, -0.05) is 18.5 Å². The summed E-state index contributed by atoms with van der Waals surface area (Å²) >= 11 is 9.06. The zero-order chi connectivity index (χ0) is 14.0. The highest BCUT2D eigenvalue weighted by molar-refractivity contribution is 7.98. The minimum atomic E-state index is -0.885. The van der Waals surface area contributed by atoms with E-state index in [1.165, 1.54) is 11.3 Å². The van der Waals surface area contributed by atoms with Crippen molar-refractivity contribution in [2.75, 3.05) is 0 Å². The van der Waals surface area contributed by atoms with Crippen molar-refractivity contribution in [2.45, 2.75) is 24.0 Å². The van der Waals surface area contributed by atoms with E-state index in [0.717, 1.165) is 22.7 Å². The highest BCUT2D eigenvalue weighted by atomic mass is 35.5. The first-order valence-electron chi connectivity index (χ1n) is 5.67. The second-order valence-corrected chi connectivity index (χ2v) is 6.26. The van der Waals surface area contributed by atoms with Gasteiger partial charge in [0.15, 0.2) is 0 Å². The van der Waals surface area contributed by atoms with Gasteiger partial charge < -0.3 is 5.11 Å². The number of halogens is 1. The Morgan fingerprint density at radius 3 is 2.89 bits per heavy atom. The average molecular weight is 317 g/mol. The molecule has 0 amide bonds. The molecule has 1 N–H and O–H groups in total. The monoisotopic (exact) mass is 316 g/mol. The van der Waals surface area contributed by atoms with Crippen LogP contribution >= 0.6 is 34.7 Å². The predicted octanol–water partition coefficient (Wildman–Crippen LogP) is 3.69. The first kappa shape index (κ1) is 14.4. The summed E-state index contributed by atoms with van der Waals surface area (Å²) in [5.41, 5.74) is 1.86. The van der Waals surface area contributed by atoms with Crippen molar-refractivity contribution in [1.82, 2.24) is 9.78 Å². The van der Waals surface area contributed by atoms with Crippen LogP contribution in [0.5, 0.6) is 0 Å². The smallest absolute Gasteiger partial charge is 0.345 e. The molecule has 0 spiro atoms. The lowest BCUT2D eigenvalue weighted by Crippen LogP contribution is -1.96. The molecular formula is C12H13ClN2O2S2. The topological polar surface area (TPSA) is 55.1 Å². The summed E-state index contributed by atoms with van der Waals surface area (Å²) in [5, 5.41) is 15.8. The molecular weight excluding hydrogens is 304 g/mol. The van der Waals surface area contributed by atoms with E-state index >= 15 is 0 Å². The first-order chi connectivity index (χ1) is 9.02. The van der Waals surface area contributed by atoms with E-state index < -0.39 is 5.97 Å². The maximum Gasteiger partial charge on any atom is 0.345 e. The molecule has 7 heteroatoms. The van der Waals surface area contributed by atoms with Crippen LogP contribution in [0.25, 0.3) is 0 Å². The minimum Gasteiger partial charge on any atom is -0.477 e. The van der Waals surface area contributed by atoms with Gasteiger partial charge in [0.25, 0.3) is 0 Å². The molecule has 2 heterocycles. The normalized spacial score (nSPS) is 10.9. The van der Waals surface area contributed by atoms with Crippen molar-refractivity contribution in [3.8, 4) is 0 Å². The summed E-state index contributed by atoms with van der Waals surface area (Å²) in [5.74, 6) is -0.207. The summed E-state index contributed by atoms with van der Waals surface area (Å²) in [7, 11) is 1.87. The van der Waals surface area contributed by atoms with E-state index in [2.05, 4.69) is 5.10 Å². The molecule has 0 saturated carbocycles. The number of carbonyl (C=O) groups is 1. The lowest BCUT2D eigenvalue weighted by Gasteiger charge is -2.01. The van der Waals surface area contributed by atoms with E-state index in [1.54, 1.807) is 22.5 Å². The fourth-order valence-corrected chi connectivity index (χ4v) is 4.01. The van der Waals surface area contributed by atoms with Crippen molar-refractivity contribution in [3.05, 3.63) is 32.7 Å². The SMILES string of the molecule is CCc1nn(C)c(CSc2csc(C(=O)O)c2)c1Cl. The van der Waals surface area contributed by atoms with Crippen LogP contribution in [0.15, 0.2) is 16.3 Å². The lowest BCUT2D eigenvalue weighted by molar-refractivity contribution is 0.0702. The molecule has 0 aliphatic carbocycles. The van der Waals surface area contributed by atoms with Crippen molar-refractivity contribution in [1.29, 1.82) is 0 Å². The van der Waals surface area contributed by atoms with E-state index in [1.807, 2.05) is 19.4 Å². The summed E-state index contributed by atoms with van der Waals surface area (Å²) in [6.07, 6.45) is 0.805. The fraction of sp³-hybridized carbons (Fsp3) is 0.333. The Morgan fingerprint density at radius 1 is 1.63 bits per heavy atom. The summed E-state index contributed by atoms with van der Waals surface area (Å²) < 4.78 is 1.79. The quantitative estimate of drug-likeness (QED) is 0.855. The maximum atomic E-state index is 10.8. The zero-order valence-electron chi connectivity index (χ0n) is 10.5. The number of aromatic carboxylic acids is 1. The highest BCUT2D eigenvalue weighted by Crippen LogP contribution is 2.31. The van der Waals surface area contributed by atoms with E-state index in [-0.39, 0.29) is 0 Å². The van der Waals surface area contributed by atoms with Gasteiger partial charge in [-0.25, -0.2) is 4.79 Å². The Labute approximate surface area is 124 Å². The first-order valence-corrected chi connectivity index (χ1v) is 7.92. The maximum absolute atomic E-state index is 10.8. The molecule has 102 valence electrons. The van der Waals surface area contributed by atoms with Crippen LogP contribution in [0.1, 0.15) is 28.0 Å². The fourth-order valence-electron chi connectivity index (χ4n) is 1.63. The summed E-state index contributed by atoms with van der Waals surface area (Å²) in [6.45, 7) is 2.02. The molecule has 0 aliphatic rings. The van der Waals surface area contributed by atoms with Crippen molar-refractivity contribution in [2.24, 2.45) is 7.05 Å². The Morgan fingerprint density at radius 2 is 2.37 bits per heavy atom. The van der Waals surface area contributed by atoms with Gasteiger partial charge in [-0.05, 0) is 12.5 Å². The largest absolute Gasteiger partial charge is 0.477 e. The molecule has 0 bridgehead atoms. The third-order valence-corrected chi connectivity index (χ3v) is 5.16. The van der Waals surface area contributed by atoms with Crippen molar-refractivity contribution >= 4 is 40.7 Å². The molecule has 2 rings (SSSR count). The second-order valence-electron chi connectivity index (χ2n) is 3.93. The van der Waals surface area contributed by atoms with Gasteiger partial charge in [0.1, 0.15) is 4.88 Å². The van der Waals surface area contributed by atoms with Crippen LogP contribution in [-0.2, 0) is 19.2 Å². The number of carboxylic acid groups (broad SMARTS) is 1. The van der Waals surface area contributed by atoms with Crippen LogP contribution in [0, 0.1) is 0 Å². The number of aromatic nitrogens is 2. The number of thioether (sulfide) groups is 1. The number of hydrogen-bond donors (Lipinski definition) is 1. The minimum absolute atomic E-state index is 0.354. The number of rotatable bonds is 5.